The van der Waals surface area contributed by atoms with Crippen LogP contribution in [-0.2, 0) is 11.2 Å². The van der Waals surface area contributed by atoms with Crippen LogP contribution in [0.5, 0.6) is 0 Å². The zero-order valence-electron chi connectivity index (χ0n) is 12.5. The second kappa shape index (κ2) is 7.61. The van der Waals surface area contributed by atoms with Crippen LogP contribution >= 0.6 is 35.0 Å². The molecule has 0 spiro atoms. The van der Waals surface area contributed by atoms with Crippen molar-refractivity contribution in [3.05, 3.63) is 63.6 Å². The van der Waals surface area contributed by atoms with Gasteiger partial charge in [0.2, 0.25) is 5.91 Å². The number of benzene rings is 2. The zero-order valence-corrected chi connectivity index (χ0v) is 14.8. The predicted octanol–water partition coefficient (Wildman–Crippen LogP) is 5.28. The van der Waals surface area contributed by atoms with Gasteiger partial charge in [-0.2, -0.15) is 0 Å². The quantitative estimate of drug-likeness (QED) is 0.746. The summed E-state index contributed by atoms with van der Waals surface area (Å²) in [4.78, 5) is 13.1. The number of hydrogen-bond donors (Lipinski definition) is 1. The Morgan fingerprint density at radius 2 is 1.87 bits per heavy atom. The van der Waals surface area contributed by atoms with Gasteiger partial charge in [-0.15, -0.1) is 11.8 Å². The van der Waals surface area contributed by atoms with Crippen LogP contribution in [0.3, 0.4) is 0 Å². The van der Waals surface area contributed by atoms with Crippen molar-refractivity contribution in [3.63, 3.8) is 0 Å². The molecular weight excluding hydrogens is 349 g/mol. The molecule has 2 nitrogen and oxygen atoms in total. The number of nitrogens with one attached hydrogen (secondary N) is 1. The molecule has 1 aliphatic rings. The van der Waals surface area contributed by atoms with E-state index in [2.05, 4.69) is 23.5 Å². The molecule has 1 atom stereocenters. The average Bonchev–Trinajstić information content (AvgIpc) is 2.55. The van der Waals surface area contributed by atoms with E-state index in [1.807, 2.05) is 6.07 Å². The van der Waals surface area contributed by atoms with Gasteiger partial charge < -0.3 is 5.32 Å². The molecule has 0 saturated heterocycles. The SMILES string of the molecule is O=C(CSc1c(Cl)cccc1Cl)NC1CCCc2ccccc21. The molecule has 0 saturated carbocycles. The van der Waals surface area contributed by atoms with Gasteiger partial charge in [0, 0.05) is 4.90 Å². The Labute approximate surface area is 150 Å². The second-order valence-corrected chi connectivity index (χ2v) is 7.35. The molecule has 0 heterocycles. The highest BCUT2D eigenvalue weighted by atomic mass is 35.5. The van der Waals surface area contributed by atoms with Gasteiger partial charge in [0.25, 0.3) is 0 Å². The Kier molecular flexibility index (Phi) is 5.52. The Bertz CT molecular complexity index is 700. The minimum atomic E-state index is 0.00712. The van der Waals surface area contributed by atoms with Gasteiger partial charge >= 0.3 is 0 Å². The van der Waals surface area contributed by atoms with Crippen LogP contribution in [0.4, 0.5) is 0 Å². The molecule has 1 amide bonds. The van der Waals surface area contributed by atoms with Gasteiger partial charge in [-0.25, -0.2) is 0 Å². The molecule has 1 N–H and O–H groups in total. The van der Waals surface area contributed by atoms with Crippen molar-refractivity contribution in [1.29, 1.82) is 0 Å². The molecule has 5 heteroatoms. The van der Waals surface area contributed by atoms with Crippen molar-refractivity contribution >= 4 is 40.9 Å². The maximum atomic E-state index is 12.3. The highest BCUT2D eigenvalue weighted by molar-refractivity contribution is 8.00. The van der Waals surface area contributed by atoms with Crippen LogP contribution in [0, 0.1) is 0 Å². The van der Waals surface area contributed by atoms with Crippen LogP contribution in [-0.4, -0.2) is 11.7 Å². The Hall–Kier alpha value is -1.16. The monoisotopic (exact) mass is 365 g/mol. The van der Waals surface area contributed by atoms with Gasteiger partial charge in [0.1, 0.15) is 0 Å². The molecule has 3 rings (SSSR count). The molecule has 1 aliphatic carbocycles. The minimum Gasteiger partial charge on any atom is -0.349 e. The standard InChI is InChI=1S/C18H17Cl2NOS/c19-14-8-4-9-15(20)18(14)23-11-17(22)21-16-10-3-6-12-5-1-2-7-13(12)16/h1-2,4-5,7-9,16H,3,6,10-11H2,(H,21,22). The fourth-order valence-electron chi connectivity index (χ4n) is 2.90. The largest absolute Gasteiger partial charge is 0.349 e. The number of thioether (sulfide) groups is 1. The maximum absolute atomic E-state index is 12.3. The Balaban J connectivity index is 1.63. The second-order valence-electron chi connectivity index (χ2n) is 5.55. The van der Waals surface area contributed by atoms with Gasteiger partial charge in [0.15, 0.2) is 0 Å². The van der Waals surface area contributed by atoms with E-state index in [1.54, 1.807) is 18.2 Å². The third-order valence-electron chi connectivity index (χ3n) is 3.97. The number of hydrogen-bond acceptors (Lipinski definition) is 2. The maximum Gasteiger partial charge on any atom is 0.230 e. The van der Waals surface area contributed by atoms with Crippen molar-refractivity contribution in [3.8, 4) is 0 Å². The number of rotatable bonds is 4. The van der Waals surface area contributed by atoms with Crippen LogP contribution < -0.4 is 5.32 Å². The number of carbonyl (C=O) groups excluding carboxylic acids is 1. The molecule has 2 aromatic carbocycles. The van der Waals surface area contributed by atoms with Crippen LogP contribution in [0.15, 0.2) is 47.4 Å². The van der Waals surface area contributed by atoms with E-state index in [0.717, 1.165) is 24.2 Å². The molecule has 0 fully saturated rings. The third-order valence-corrected chi connectivity index (χ3v) is 5.96. The summed E-state index contributed by atoms with van der Waals surface area (Å²) in [6.45, 7) is 0. The Morgan fingerprint density at radius 1 is 1.13 bits per heavy atom. The van der Waals surface area contributed by atoms with Crippen LogP contribution in [0.25, 0.3) is 0 Å². The lowest BCUT2D eigenvalue weighted by Crippen LogP contribution is -2.32. The van der Waals surface area contributed by atoms with E-state index >= 15 is 0 Å². The van der Waals surface area contributed by atoms with Gasteiger partial charge in [-0.3, -0.25) is 4.79 Å². The summed E-state index contributed by atoms with van der Waals surface area (Å²) in [5.41, 5.74) is 2.58. The summed E-state index contributed by atoms with van der Waals surface area (Å²) < 4.78 is 0. The van der Waals surface area contributed by atoms with Gasteiger partial charge in [-0.1, -0.05) is 53.5 Å². The van der Waals surface area contributed by atoms with Crippen molar-refractivity contribution in [2.75, 3.05) is 5.75 Å². The molecule has 23 heavy (non-hydrogen) atoms. The lowest BCUT2D eigenvalue weighted by Gasteiger charge is -2.26. The van der Waals surface area contributed by atoms with E-state index in [0.29, 0.717) is 15.8 Å². The third kappa shape index (κ3) is 4.03. The first-order valence-electron chi connectivity index (χ1n) is 7.59. The molecule has 0 bridgehead atoms. The molecule has 0 radical (unpaired) electrons. The average molecular weight is 366 g/mol. The number of carbonyl (C=O) groups is 1. The molecular formula is C18H17Cl2NOS. The first-order valence-corrected chi connectivity index (χ1v) is 9.33. The van der Waals surface area contributed by atoms with E-state index in [1.165, 1.54) is 22.9 Å². The lowest BCUT2D eigenvalue weighted by molar-refractivity contribution is -0.119. The lowest BCUT2D eigenvalue weighted by atomic mass is 9.88. The van der Waals surface area contributed by atoms with Crippen molar-refractivity contribution in [1.82, 2.24) is 5.32 Å². The molecule has 120 valence electrons. The molecule has 0 aliphatic heterocycles. The summed E-state index contributed by atoms with van der Waals surface area (Å²) in [6, 6.07) is 13.8. The number of aryl methyl sites for hydroxylation is 1. The predicted molar refractivity (Wildman–Crippen MR) is 97.4 cm³/mol. The molecule has 1 unspecified atom stereocenters. The summed E-state index contributed by atoms with van der Waals surface area (Å²) >= 11 is 13.6. The normalized spacial score (nSPS) is 16.7. The topological polar surface area (TPSA) is 29.1 Å². The van der Waals surface area contributed by atoms with Crippen LogP contribution in [0.1, 0.15) is 30.0 Å². The number of amides is 1. The fraction of sp³-hybridized carbons (Fsp3) is 0.278. The van der Waals surface area contributed by atoms with Gasteiger partial charge in [-0.05, 0) is 42.5 Å². The smallest absolute Gasteiger partial charge is 0.230 e. The van der Waals surface area contributed by atoms with Gasteiger partial charge in [0.05, 0.1) is 21.8 Å². The highest BCUT2D eigenvalue weighted by Gasteiger charge is 2.21. The van der Waals surface area contributed by atoms with E-state index in [9.17, 15) is 4.79 Å². The van der Waals surface area contributed by atoms with Crippen molar-refractivity contribution in [2.24, 2.45) is 0 Å². The van der Waals surface area contributed by atoms with Crippen LogP contribution in [0.2, 0.25) is 10.0 Å². The first-order chi connectivity index (χ1) is 11.1. The van der Waals surface area contributed by atoms with E-state index < -0.39 is 0 Å². The molecule has 2 aromatic rings. The van der Waals surface area contributed by atoms with Crippen molar-refractivity contribution in [2.45, 2.75) is 30.2 Å². The Morgan fingerprint density at radius 3 is 2.65 bits per heavy atom. The zero-order chi connectivity index (χ0) is 16.2. The summed E-state index contributed by atoms with van der Waals surface area (Å²) in [5, 5.41) is 4.30. The fourth-order valence-corrected chi connectivity index (χ4v) is 4.39. The summed E-state index contributed by atoms with van der Waals surface area (Å²) in [5.74, 6) is 0.315. The summed E-state index contributed by atoms with van der Waals surface area (Å²) in [6.07, 6.45) is 3.18. The summed E-state index contributed by atoms with van der Waals surface area (Å²) in [7, 11) is 0. The number of halogens is 2. The first kappa shape index (κ1) is 16.7. The highest BCUT2D eigenvalue weighted by Crippen LogP contribution is 2.34. The van der Waals surface area contributed by atoms with E-state index in [4.69, 9.17) is 23.2 Å². The number of fused-ring (bicyclic) bond motifs is 1. The van der Waals surface area contributed by atoms with E-state index in [-0.39, 0.29) is 11.9 Å². The van der Waals surface area contributed by atoms with Crippen molar-refractivity contribution < 1.29 is 4.79 Å². The minimum absolute atomic E-state index is 0.00712. The molecule has 0 aromatic heterocycles.